The lowest BCUT2D eigenvalue weighted by Crippen LogP contribution is -2.44. The molecule has 6 heteroatoms. The Morgan fingerprint density at radius 1 is 1.25 bits per heavy atom. The van der Waals surface area contributed by atoms with E-state index in [0.717, 1.165) is 31.9 Å². The molecule has 126 valence electrons. The van der Waals surface area contributed by atoms with Crippen LogP contribution in [0.1, 0.15) is 5.76 Å². The van der Waals surface area contributed by atoms with Gasteiger partial charge in [-0.25, -0.2) is 0 Å². The van der Waals surface area contributed by atoms with Gasteiger partial charge in [0.2, 0.25) is 5.91 Å². The first-order chi connectivity index (χ1) is 11.6. The minimum Gasteiger partial charge on any atom is -0.465 e. The smallest absolute Gasteiger partial charge is 0.248 e. The van der Waals surface area contributed by atoms with Gasteiger partial charge in [0, 0.05) is 37.9 Å². The maximum atomic E-state index is 11.9. The highest BCUT2D eigenvalue weighted by Gasteiger charge is 2.16. The number of carbonyl (C=O) groups excluding carboxylic acids is 1. The number of carbonyl (C=O) groups is 1. The van der Waals surface area contributed by atoms with E-state index < -0.39 is 0 Å². The molecule has 1 N–H and O–H groups in total. The lowest BCUT2D eigenvalue weighted by molar-refractivity contribution is -0.111. The van der Waals surface area contributed by atoms with Crippen LogP contribution in [0.4, 0.5) is 11.4 Å². The van der Waals surface area contributed by atoms with Crippen LogP contribution >= 0.6 is 11.6 Å². The van der Waals surface area contributed by atoms with Gasteiger partial charge in [0.25, 0.3) is 0 Å². The number of hydrogen-bond acceptors (Lipinski definition) is 4. The van der Waals surface area contributed by atoms with Crippen LogP contribution in [-0.4, -0.2) is 44.0 Å². The van der Waals surface area contributed by atoms with Crippen molar-refractivity contribution in [1.82, 2.24) is 4.90 Å². The second-order valence-electron chi connectivity index (χ2n) is 5.79. The number of likely N-dealkylation sites (N-methyl/N-ethyl adjacent to an activating group) is 1. The fourth-order valence-corrected chi connectivity index (χ4v) is 2.92. The minimum atomic E-state index is -0.227. The third-order valence-corrected chi connectivity index (χ3v) is 4.30. The summed E-state index contributed by atoms with van der Waals surface area (Å²) in [7, 11) is 2.12. The molecule has 1 aliphatic heterocycles. The van der Waals surface area contributed by atoms with Crippen LogP contribution in [0.25, 0.3) is 6.08 Å². The molecule has 2 heterocycles. The van der Waals surface area contributed by atoms with Crippen molar-refractivity contribution >= 4 is 35.0 Å². The van der Waals surface area contributed by atoms with Gasteiger partial charge in [-0.3, -0.25) is 4.79 Å². The number of hydrogen-bond donors (Lipinski definition) is 1. The van der Waals surface area contributed by atoms with Crippen molar-refractivity contribution in [3.8, 4) is 0 Å². The van der Waals surface area contributed by atoms with Gasteiger partial charge in [-0.1, -0.05) is 11.6 Å². The normalized spacial score (nSPS) is 15.8. The molecule has 0 unspecified atom stereocenters. The molecule has 1 saturated heterocycles. The predicted octanol–water partition coefficient (Wildman–Crippen LogP) is 3.34. The Kier molecular flexibility index (Phi) is 5.23. The summed E-state index contributed by atoms with van der Waals surface area (Å²) in [6.45, 7) is 3.94. The van der Waals surface area contributed by atoms with Gasteiger partial charge in [0.15, 0.2) is 0 Å². The Morgan fingerprint density at radius 2 is 2.04 bits per heavy atom. The molecular formula is C18H20ClN3O2. The van der Waals surface area contributed by atoms with E-state index in [-0.39, 0.29) is 5.91 Å². The number of furan rings is 1. The lowest BCUT2D eigenvalue weighted by Gasteiger charge is -2.34. The zero-order chi connectivity index (χ0) is 16.9. The number of rotatable bonds is 4. The van der Waals surface area contributed by atoms with Crippen LogP contribution in [0.5, 0.6) is 0 Å². The van der Waals surface area contributed by atoms with Crippen molar-refractivity contribution in [2.75, 3.05) is 43.4 Å². The van der Waals surface area contributed by atoms with Crippen molar-refractivity contribution in [1.29, 1.82) is 0 Å². The summed E-state index contributed by atoms with van der Waals surface area (Å²) < 4.78 is 5.15. The van der Waals surface area contributed by atoms with E-state index in [0.29, 0.717) is 16.5 Å². The number of nitrogens with zero attached hydrogens (tertiary/aromatic N) is 2. The first kappa shape index (κ1) is 16.6. The van der Waals surface area contributed by atoms with Crippen molar-refractivity contribution < 1.29 is 9.21 Å². The Bertz CT molecular complexity index is 720. The molecule has 1 fully saturated rings. The van der Waals surface area contributed by atoms with Crippen LogP contribution in [0.2, 0.25) is 5.02 Å². The molecule has 1 aliphatic rings. The summed E-state index contributed by atoms with van der Waals surface area (Å²) in [5, 5.41) is 3.45. The molecule has 0 saturated carbocycles. The van der Waals surface area contributed by atoms with Crippen LogP contribution in [-0.2, 0) is 4.79 Å². The molecule has 24 heavy (non-hydrogen) atoms. The summed E-state index contributed by atoms with van der Waals surface area (Å²) in [6.07, 6.45) is 4.62. The molecule has 2 aromatic rings. The van der Waals surface area contributed by atoms with E-state index in [9.17, 15) is 4.79 Å². The second-order valence-corrected chi connectivity index (χ2v) is 6.20. The van der Waals surface area contributed by atoms with E-state index in [1.165, 1.54) is 6.08 Å². The van der Waals surface area contributed by atoms with Gasteiger partial charge >= 0.3 is 0 Å². The average Bonchev–Trinajstić information content (AvgIpc) is 3.08. The fraction of sp³-hybridized carbons (Fsp3) is 0.278. The summed E-state index contributed by atoms with van der Waals surface area (Å²) in [5.41, 5.74) is 1.68. The van der Waals surface area contributed by atoms with Gasteiger partial charge in [-0.05, 0) is 43.5 Å². The maximum Gasteiger partial charge on any atom is 0.248 e. The van der Waals surface area contributed by atoms with Crippen LogP contribution in [0.3, 0.4) is 0 Å². The fourth-order valence-electron chi connectivity index (χ4n) is 2.62. The molecule has 0 atom stereocenters. The minimum absolute atomic E-state index is 0.227. The molecule has 0 aliphatic carbocycles. The molecule has 1 aromatic heterocycles. The predicted molar refractivity (Wildman–Crippen MR) is 97.5 cm³/mol. The van der Waals surface area contributed by atoms with E-state index in [2.05, 4.69) is 22.2 Å². The molecular weight excluding hydrogens is 326 g/mol. The van der Waals surface area contributed by atoms with Gasteiger partial charge in [0.05, 0.1) is 17.0 Å². The second kappa shape index (κ2) is 7.55. The molecule has 0 bridgehead atoms. The molecule has 0 spiro atoms. The Balaban J connectivity index is 1.63. The van der Waals surface area contributed by atoms with Crippen LogP contribution in [0.15, 0.2) is 47.1 Å². The number of anilines is 2. The van der Waals surface area contributed by atoms with Crippen molar-refractivity contribution in [2.24, 2.45) is 0 Å². The molecule has 1 amide bonds. The van der Waals surface area contributed by atoms with Crippen LogP contribution in [0, 0.1) is 0 Å². The molecule has 1 aromatic carbocycles. The Morgan fingerprint density at radius 3 is 2.71 bits per heavy atom. The third kappa shape index (κ3) is 4.19. The van der Waals surface area contributed by atoms with Crippen LogP contribution < -0.4 is 10.2 Å². The highest BCUT2D eigenvalue weighted by atomic mass is 35.5. The zero-order valence-electron chi connectivity index (χ0n) is 13.5. The lowest BCUT2D eigenvalue weighted by atomic mass is 10.2. The van der Waals surface area contributed by atoms with E-state index in [4.69, 9.17) is 16.0 Å². The standard InChI is InChI=1S/C18H20ClN3O2/c1-21-8-10-22(11-9-21)17-6-4-14(13-16(17)19)20-18(23)7-5-15-3-2-12-24-15/h2-7,12-13H,8-11H2,1H3,(H,20,23)/b7-5+. The topological polar surface area (TPSA) is 48.7 Å². The summed E-state index contributed by atoms with van der Waals surface area (Å²) in [5.74, 6) is 0.406. The maximum absolute atomic E-state index is 11.9. The molecule has 3 rings (SSSR count). The third-order valence-electron chi connectivity index (χ3n) is 4.00. The van der Waals surface area contributed by atoms with E-state index in [1.807, 2.05) is 12.1 Å². The summed E-state index contributed by atoms with van der Waals surface area (Å²) in [6, 6.07) is 9.17. The highest BCUT2D eigenvalue weighted by molar-refractivity contribution is 6.33. The number of halogens is 1. The average molecular weight is 346 g/mol. The first-order valence-electron chi connectivity index (χ1n) is 7.87. The zero-order valence-corrected chi connectivity index (χ0v) is 14.3. The van der Waals surface area contributed by atoms with Crippen molar-refractivity contribution in [2.45, 2.75) is 0 Å². The van der Waals surface area contributed by atoms with Crippen molar-refractivity contribution in [3.05, 3.63) is 53.5 Å². The van der Waals surface area contributed by atoms with E-state index in [1.54, 1.807) is 30.5 Å². The SMILES string of the molecule is CN1CCN(c2ccc(NC(=O)/C=C/c3ccco3)cc2Cl)CC1. The summed E-state index contributed by atoms with van der Waals surface area (Å²) >= 11 is 6.40. The molecule has 0 radical (unpaired) electrons. The van der Waals surface area contributed by atoms with Gasteiger partial charge in [-0.15, -0.1) is 0 Å². The quantitative estimate of drug-likeness (QED) is 0.863. The summed E-state index contributed by atoms with van der Waals surface area (Å²) in [4.78, 5) is 16.5. The molecule has 5 nitrogen and oxygen atoms in total. The van der Waals surface area contributed by atoms with Crippen molar-refractivity contribution in [3.63, 3.8) is 0 Å². The first-order valence-corrected chi connectivity index (χ1v) is 8.25. The van der Waals surface area contributed by atoms with Gasteiger partial charge in [0.1, 0.15) is 5.76 Å². The van der Waals surface area contributed by atoms with E-state index >= 15 is 0 Å². The Labute approximate surface area is 146 Å². The number of amides is 1. The number of piperazine rings is 1. The monoisotopic (exact) mass is 345 g/mol. The van der Waals surface area contributed by atoms with Gasteiger partial charge < -0.3 is 19.5 Å². The number of benzene rings is 1. The Hall–Kier alpha value is -2.24. The highest BCUT2D eigenvalue weighted by Crippen LogP contribution is 2.29. The van der Waals surface area contributed by atoms with Gasteiger partial charge in [-0.2, -0.15) is 0 Å². The largest absolute Gasteiger partial charge is 0.465 e. The number of nitrogens with one attached hydrogen (secondary N) is 1.